The van der Waals surface area contributed by atoms with Crippen molar-refractivity contribution in [2.24, 2.45) is 0 Å². The number of carbonyl (C=O) groups excluding carboxylic acids is 1. The highest BCUT2D eigenvalue weighted by atomic mass is 16.7. The van der Waals surface area contributed by atoms with Gasteiger partial charge in [0.2, 0.25) is 5.91 Å². The quantitative estimate of drug-likeness (QED) is 0.0261. The van der Waals surface area contributed by atoms with Crippen molar-refractivity contribution in [3.8, 4) is 0 Å². The van der Waals surface area contributed by atoms with Crippen LogP contribution in [0, 0.1) is 0 Å². The molecule has 1 aliphatic heterocycles. The zero-order chi connectivity index (χ0) is 54.3. The first-order valence-corrected chi connectivity index (χ1v) is 30.6. The second-order valence-corrected chi connectivity index (χ2v) is 20.7. The Morgan fingerprint density at radius 1 is 0.467 bits per heavy atom. The highest BCUT2D eigenvalue weighted by molar-refractivity contribution is 5.76. The predicted octanol–water partition coefficient (Wildman–Crippen LogP) is 15.7. The van der Waals surface area contributed by atoms with Crippen LogP contribution in [0.25, 0.3) is 0 Å². The first-order valence-electron chi connectivity index (χ1n) is 30.6. The van der Waals surface area contributed by atoms with Crippen molar-refractivity contribution in [3.05, 3.63) is 109 Å². The Hall–Kier alpha value is -3.15. The van der Waals surface area contributed by atoms with E-state index in [-0.39, 0.29) is 12.5 Å². The molecule has 1 heterocycles. The van der Waals surface area contributed by atoms with Crippen LogP contribution in [0.4, 0.5) is 0 Å². The van der Waals surface area contributed by atoms with Crippen LogP contribution in [-0.4, -0.2) is 87.5 Å². The molecule has 1 fully saturated rings. The van der Waals surface area contributed by atoms with Crippen LogP contribution in [0.2, 0.25) is 0 Å². The summed E-state index contributed by atoms with van der Waals surface area (Å²) in [4.78, 5) is 13.1. The molecule has 1 rings (SSSR count). The first-order chi connectivity index (χ1) is 36.8. The summed E-state index contributed by atoms with van der Waals surface area (Å²) in [5, 5.41) is 54.5. The van der Waals surface area contributed by atoms with Crippen molar-refractivity contribution in [3.63, 3.8) is 0 Å². The number of ether oxygens (including phenoxy) is 2. The zero-order valence-electron chi connectivity index (χ0n) is 47.8. The molecule has 1 aliphatic rings. The third kappa shape index (κ3) is 43.5. The van der Waals surface area contributed by atoms with E-state index in [1.165, 1.54) is 135 Å². The maximum atomic E-state index is 13.1. The van der Waals surface area contributed by atoms with E-state index in [1.807, 2.05) is 6.08 Å². The molecular formula is C66H113NO8. The lowest BCUT2D eigenvalue weighted by molar-refractivity contribution is -0.302. The monoisotopic (exact) mass is 1050 g/mol. The normalized spacial score (nSPS) is 19.7. The van der Waals surface area contributed by atoms with Crippen LogP contribution in [-0.2, 0) is 14.3 Å². The van der Waals surface area contributed by atoms with E-state index in [9.17, 15) is 30.3 Å². The van der Waals surface area contributed by atoms with Crippen molar-refractivity contribution in [1.29, 1.82) is 0 Å². The minimum atomic E-state index is -1.58. The summed E-state index contributed by atoms with van der Waals surface area (Å²) >= 11 is 0. The van der Waals surface area contributed by atoms with Gasteiger partial charge in [0, 0.05) is 6.42 Å². The van der Waals surface area contributed by atoms with Crippen molar-refractivity contribution in [1.82, 2.24) is 5.32 Å². The van der Waals surface area contributed by atoms with Gasteiger partial charge in [-0.2, -0.15) is 0 Å². The van der Waals surface area contributed by atoms with Crippen molar-refractivity contribution in [2.45, 2.75) is 288 Å². The standard InChI is InChI=1S/C66H113NO8/c1-3-5-7-9-11-13-15-17-19-21-22-23-24-25-26-27-28-29-30-31-32-33-34-35-36-37-38-40-42-44-46-48-50-52-54-56-62(70)67-59(58-74-66-65(73)64(72)63(71)61(57-68)75-66)60(69)55-53-51-49-47-45-43-41-39-20-18-16-14-12-10-8-6-4-2/h5,7,11,13,17,19-20,22-23,25-26,28-29,39,45,47,53,55,59-61,63-66,68-69,71-73H,3-4,6,8-10,12,14-16,18,21,24,27,30-38,40-44,46,48-52,54,56-58H2,1-2H3,(H,67,70)/b7-5-,13-11-,19-17-,23-22-,26-25-,29-28-,39-20+,47-45+,55-53+. The van der Waals surface area contributed by atoms with Gasteiger partial charge < -0.3 is 40.3 Å². The molecule has 0 radical (unpaired) electrons. The van der Waals surface area contributed by atoms with Gasteiger partial charge in [-0.05, 0) is 96.3 Å². The van der Waals surface area contributed by atoms with E-state index in [0.717, 1.165) is 89.9 Å². The second-order valence-electron chi connectivity index (χ2n) is 20.7. The molecule has 1 saturated heterocycles. The van der Waals surface area contributed by atoms with E-state index >= 15 is 0 Å². The van der Waals surface area contributed by atoms with E-state index in [1.54, 1.807) is 6.08 Å². The number of rotatable bonds is 51. The van der Waals surface area contributed by atoms with Crippen LogP contribution >= 0.6 is 0 Å². The molecular weight excluding hydrogens is 935 g/mol. The van der Waals surface area contributed by atoms with Gasteiger partial charge in [-0.25, -0.2) is 0 Å². The van der Waals surface area contributed by atoms with Gasteiger partial charge in [0.25, 0.3) is 0 Å². The average molecular weight is 1050 g/mol. The highest BCUT2D eigenvalue weighted by Gasteiger charge is 2.44. The Bertz CT molecular complexity index is 1540. The van der Waals surface area contributed by atoms with Crippen LogP contribution in [0.1, 0.15) is 245 Å². The number of carbonyl (C=O) groups is 1. The largest absolute Gasteiger partial charge is 0.394 e. The number of aliphatic hydroxyl groups is 5. The van der Waals surface area contributed by atoms with Gasteiger partial charge in [0.15, 0.2) is 6.29 Å². The molecule has 430 valence electrons. The minimum absolute atomic E-state index is 0.193. The fourth-order valence-corrected chi connectivity index (χ4v) is 9.02. The Morgan fingerprint density at radius 2 is 0.840 bits per heavy atom. The number of aliphatic hydroxyl groups excluding tert-OH is 5. The summed E-state index contributed by atoms with van der Waals surface area (Å²) in [6, 6.07) is -0.834. The first kappa shape index (κ1) is 69.9. The van der Waals surface area contributed by atoms with Crippen molar-refractivity contribution in [2.75, 3.05) is 13.2 Å². The summed E-state index contributed by atoms with van der Waals surface area (Å²) in [6.45, 7) is 3.64. The molecule has 0 aliphatic carbocycles. The number of hydrogen-bond acceptors (Lipinski definition) is 8. The second kappa shape index (κ2) is 54.2. The Morgan fingerprint density at radius 3 is 1.28 bits per heavy atom. The topological polar surface area (TPSA) is 149 Å². The van der Waals surface area contributed by atoms with Crippen molar-refractivity contribution >= 4 is 5.91 Å². The number of unbranched alkanes of at least 4 members (excludes halogenated alkanes) is 25. The SMILES string of the molecule is CC/C=C\C/C=C\C/C=C\C/C=C\C/C=C\C/C=C\CCCCCCCCCCCCCCCCCCC(=O)NC(COC1OC(CO)C(O)C(O)C1O)C(O)/C=C/CC/C=C/CC/C=C/CCCCCCCCC. The molecule has 0 aromatic heterocycles. The fourth-order valence-electron chi connectivity index (χ4n) is 9.02. The molecule has 0 aromatic carbocycles. The molecule has 9 heteroatoms. The average Bonchev–Trinajstić information content (AvgIpc) is 3.41. The number of amides is 1. The minimum Gasteiger partial charge on any atom is -0.394 e. The zero-order valence-corrected chi connectivity index (χ0v) is 47.8. The molecule has 7 unspecified atom stereocenters. The van der Waals surface area contributed by atoms with Crippen LogP contribution < -0.4 is 5.32 Å². The lowest BCUT2D eigenvalue weighted by Gasteiger charge is -2.40. The molecule has 6 N–H and O–H groups in total. The predicted molar refractivity (Wildman–Crippen MR) is 317 cm³/mol. The number of hydrogen-bond donors (Lipinski definition) is 6. The van der Waals surface area contributed by atoms with Crippen LogP contribution in [0.3, 0.4) is 0 Å². The van der Waals surface area contributed by atoms with Crippen molar-refractivity contribution < 1.29 is 39.8 Å². The Balaban J connectivity index is 2.16. The van der Waals surface area contributed by atoms with Crippen LogP contribution in [0.15, 0.2) is 109 Å². The summed E-state index contributed by atoms with van der Waals surface area (Å²) in [6.07, 6.45) is 73.1. The summed E-state index contributed by atoms with van der Waals surface area (Å²) < 4.78 is 11.3. The third-order valence-electron chi connectivity index (χ3n) is 13.8. The lowest BCUT2D eigenvalue weighted by atomic mass is 9.99. The van der Waals surface area contributed by atoms with E-state index < -0.39 is 49.5 Å². The maximum absolute atomic E-state index is 13.1. The van der Waals surface area contributed by atoms with E-state index in [2.05, 4.69) is 116 Å². The lowest BCUT2D eigenvalue weighted by Crippen LogP contribution is -2.60. The van der Waals surface area contributed by atoms with Gasteiger partial charge in [-0.15, -0.1) is 0 Å². The van der Waals surface area contributed by atoms with Gasteiger partial charge in [-0.1, -0.05) is 252 Å². The maximum Gasteiger partial charge on any atom is 0.220 e. The molecule has 1 amide bonds. The van der Waals surface area contributed by atoms with Gasteiger partial charge in [0.1, 0.15) is 24.4 Å². The smallest absolute Gasteiger partial charge is 0.220 e. The molecule has 9 nitrogen and oxygen atoms in total. The van der Waals surface area contributed by atoms with E-state index in [4.69, 9.17) is 9.47 Å². The summed E-state index contributed by atoms with van der Waals surface area (Å²) in [5.41, 5.74) is 0. The molecule has 0 saturated carbocycles. The molecule has 0 bridgehead atoms. The number of nitrogens with one attached hydrogen (secondary N) is 1. The third-order valence-corrected chi connectivity index (χ3v) is 13.8. The van der Waals surface area contributed by atoms with Gasteiger partial charge in [0.05, 0.1) is 25.4 Å². The molecule has 7 atom stereocenters. The van der Waals surface area contributed by atoms with Gasteiger partial charge >= 0.3 is 0 Å². The van der Waals surface area contributed by atoms with Crippen LogP contribution in [0.5, 0.6) is 0 Å². The molecule has 0 spiro atoms. The summed E-state index contributed by atoms with van der Waals surface area (Å²) in [7, 11) is 0. The Labute approximate surface area is 459 Å². The number of allylic oxidation sites excluding steroid dienone is 17. The van der Waals surface area contributed by atoms with E-state index in [0.29, 0.717) is 6.42 Å². The highest BCUT2D eigenvalue weighted by Crippen LogP contribution is 2.23. The molecule has 0 aromatic rings. The van der Waals surface area contributed by atoms with Gasteiger partial charge in [-0.3, -0.25) is 4.79 Å². The summed E-state index contributed by atoms with van der Waals surface area (Å²) in [5.74, 6) is -0.193. The molecule has 75 heavy (non-hydrogen) atoms. The Kier molecular flexibility index (Phi) is 50.5. The fraction of sp³-hybridized carbons (Fsp3) is 0.712.